The number of carbonyl (C=O) groups is 7. The van der Waals surface area contributed by atoms with Crippen molar-refractivity contribution < 1.29 is 43.4 Å². The van der Waals surface area contributed by atoms with Crippen molar-refractivity contribution in [2.75, 3.05) is 13.2 Å². The topological polar surface area (TPSA) is 200 Å². The summed E-state index contributed by atoms with van der Waals surface area (Å²) in [5.41, 5.74) is 0.944. The van der Waals surface area contributed by atoms with E-state index >= 15 is 0 Å². The van der Waals surface area contributed by atoms with Crippen molar-refractivity contribution >= 4 is 41.5 Å². The third kappa shape index (κ3) is 11.1. The lowest BCUT2D eigenvalue weighted by molar-refractivity contribution is -0.143. The number of rotatable bonds is 16. The van der Waals surface area contributed by atoms with Gasteiger partial charge < -0.3 is 36.0 Å². The number of ether oxygens (including phenoxy) is 1. The predicted molar refractivity (Wildman–Crippen MR) is 183 cm³/mol. The molecule has 0 spiro atoms. The summed E-state index contributed by atoms with van der Waals surface area (Å²) >= 11 is 0. The van der Waals surface area contributed by atoms with Crippen LogP contribution in [0.4, 0.5) is 4.79 Å². The average molecular weight is 698 g/mol. The lowest BCUT2D eigenvalue weighted by Crippen LogP contribution is -2.57. The lowest BCUT2D eigenvalue weighted by Gasteiger charge is -2.35. The highest BCUT2D eigenvalue weighted by Gasteiger charge is 2.44. The summed E-state index contributed by atoms with van der Waals surface area (Å²) in [5.74, 6) is -5.32. The highest BCUT2D eigenvalue weighted by molar-refractivity contribution is 6.38. The second kappa shape index (κ2) is 19.4. The van der Waals surface area contributed by atoms with Crippen molar-refractivity contribution in [2.24, 2.45) is 11.8 Å². The number of amides is 5. The van der Waals surface area contributed by atoms with Crippen LogP contribution in [0, 0.1) is 11.8 Å². The molecule has 0 radical (unpaired) electrons. The SMILES string of the molecule is C/C=C1/CCC(C(=O)NC(CCC)C(=O)C(=O)NCC(=O)NC(C(=O)O)c2ccccc2)N1C(=O)C(NC(=O)OCC(C)C)C1CCCCC1. The third-order valence-electron chi connectivity index (χ3n) is 8.91. The highest BCUT2D eigenvalue weighted by Crippen LogP contribution is 2.33. The number of ketones is 1. The summed E-state index contributed by atoms with van der Waals surface area (Å²) in [6, 6.07) is 3.51. The fraction of sp³-hybridized carbons (Fsp3) is 0.583. The van der Waals surface area contributed by atoms with Crippen LogP contribution in [-0.2, 0) is 33.5 Å². The van der Waals surface area contributed by atoms with Gasteiger partial charge in [-0.3, -0.25) is 24.0 Å². The van der Waals surface area contributed by atoms with E-state index in [9.17, 15) is 38.7 Å². The first-order chi connectivity index (χ1) is 23.9. The Balaban J connectivity index is 1.70. The third-order valence-corrected chi connectivity index (χ3v) is 8.91. The molecule has 5 N–H and O–H groups in total. The van der Waals surface area contributed by atoms with Gasteiger partial charge in [0.15, 0.2) is 6.04 Å². The summed E-state index contributed by atoms with van der Waals surface area (Å²) in [6.07, 6.45) is 6.62. The van der Waals surface area contributed by atoms with Gasteiger partial charge in [-0.2, -0.15) is 0 Å². The lowest BCUT2D eigenvalue weighted by atomic mass is 9.83. The molecule has 2 fully saturated rings. The van der Waals surface area contributed by atoms with E-state index in [1.807, 2.05) is 13.8 Å². The Hall–Kier alpha value is -4.75. The quantitative estimate of drug-likeness (QED) is 0.161. The molecular weight excluding hydrogens is 646 g/mol. The van der Waals surface area contributed by atoms with Gasteiger partial charge in [0.25, 0.3) is 5.91 Å². The van der Waals surface area contributed by atoms with Gasteiger partial charge in [-0.05, 0) is 56.4 Å². The van der Waals surface area contributed by atoms with E-state index < -0.39 is 72.2 Å². The number of hydrogen-bond acceptors (Lipinski definition) is 8. The van der Waals surface area contributed by atoms with Crippen molar-refractivity contribution in [3.63, 3.8) is 0 Å². The maximum atomic E-state index is 14.2. The molecule has 274 valence electrons. The van der Waals surface area contributed by atoms with Crippen molar-refractivity contribution in [3.8, 4) is 0 Å². The van der Waals surface area contributed by atoms with E-state index in [-0.39, 0.29) is 31.3 Å². The molecule has 0 bridgehead atoms. The summed E-state index contributed by atoms with van der Waals surface area (Å²) in [7, 11) is 0. The largest absolute Gasteiger partial charge is 0.479 e. The van der Waals surface area contributed by atoms with Gasteiger partial charge >= 0.3 is 12.1 Å². The number of carboxylic acids is 1. The zero-order chi connectivity index (χ0) is 36.8. The zero-order valence-corrected chi connectivity index (χ0v) is 29.4. The second-order valence-electron chi connectivity index (χ2n) is 13.2. The van der Waals surface area contributed by atoms with Crippen LogP contribution < -0.4 is 21.3 Å². The fourth-order valence-corrected chi connectivity index (χ4v) is 6.35. The number of carbonyl (C=O) groups excluding carboxylic acids is 6. The molecule has 4 unspecified atom stereocenters. The van der Waals surface area contributed by atoms with E-state index in [0.29, 0.717) is 24.1 Å². The standard InChI is InChI=1S/C36H51N5O9/c1-5-13-26(31(43)33(45)37-20-28(42)39-30(35(47)48)24-16-11-8-12-17-24)38-32(44)27-19-18-25(6-2)41(27)34(46)29(23-14-9-7-10-15-23)40-36(49)50-21-22(3)4/h6,8,11-12,16-17,22-23,26-27,29-30H,5,7,9-10,13-15,18-21H2,1-4H3,(H,37,45)(H,38,44)(H,39,42)(H,40,49)(H,47,48)/b25-6-. The van der Waals surface area contributed by atoms with Crippen molar-refractivity contribution in [2.45, 2.75) is 110 Å². The van der Waals surface area contributed by atoms with Gasteiger partial charge in [0.1, 0.15) is 12.1 Å². The molecule has 3 rings (SSSR count). The number of allylic oxidation sites excluding steroid dienone is 2. The Morgan fingerprint density at radius 2 is 1.64 bits per heavy atom. The first-order valence-electron chi connectivity index (χ1n) is 17.5. The maximum absolute atomic E-state index is 14.2. The molecule has 1 aromatic carbocycles. The molecule has 1 aliphatic carbocycles. The van der Waals surface area contributed by atoms with Gasteiger partial charge in [-0.15, -0.1) is 0 Å². The Kier molecular flexibility index (Phi) is 15.4. The zero-order valence-electron chi connectivity index (χ0n) is 29.4. The molecule has 50 heavy (non-hydrogen) atoms. The van der Waals surface area contributed by atoms with Crippen molar-refractivity contribution in [3.05, 3.63) is 47.7 Å². The van der Waals surface area contributed by atoms with Crippen LogP contribution in [0.5, 0.6) is 0 Å². The minimum atomic E-state index is -1.36. The predicted octanol–water partition coefficient (Wildman–Crippen LogP) is 3.12. The maximum Gasteiger partial charge on any atom is 0.407 e. The molecule has 1 saturated heterocycles. The fourth-order valence-electron chi connectivity index (χ4n) is 6.35. The van der Waals surface area contributed by atoms with E-state index in [1.165, 1.54) is 17.0 Å². The summed E-state index contributed by atoms with van der Waals surface area (Å²) in [6.45, 7) is 6.87. The molecule has 1 aliphatic heterocycles. The first-order valence-corrected chi connectivity index (χ1v) is 17.5. The van der Waals surface area contributed by atoms with E-state index in [0.717, 1.165) is 32.1 Å². The van der Waals surface area contributed by atoms with Crippen LogP contribution in [0.15, 0.2) is 42.1 Å². The number of aliphatic carboxylic acids is 1. The van der Waals surface area contributed by atoms with Crippen LogP contribution in [0.3, 0.4) is 0 Å². The number of nitrogens with one attached hydrogen (secondary N) is 4. The van der Waals surface area contributed by atoms with E-state index in [4.69, 9.17) is 4.74 Å². The molecule has 4 atom stereocenters. The smallest absolute Gasteiger partial charge is 0.407 e. The Labute approximate surface area is 293 Å². The van der Waals surface area contributed by atoms with Gasteiger partial charge in [0.2, 0.25) is 23.5 Å². The molecular formula is C36H51N5O9. The molecule has 0 aromatic heterocycles. The summed E-state index contributed by atoms with van der Waals surface area (Å²) in [5, 5.41) is 19.5. The van der Waals surface area contributed by atoms with E-state index in [1.54, 1.807) is 38.1 Å². The van der Waals surface area contributed by atoms with Gasteiger partial charge in [0, 0.05) is 5.70 Å². The monoisotopic (exact) mass is 697 g/mol. The molecule has 14 heteroatoms. The minimum absolute atomic E-state index is 0.104. The Morgan fingerprint density at radius 1 is 0.960 bits per heavy atom. The normalized spacial score (nSPS) is 18.9. The van der Waals surface area contributed by atoms with Crippen LogP contribution in [-0.4, -0.2) is 82.8 Å². The molecule has 1 saturated carbocycles. The van der Waals surface area contributed by atoms with Gasteiger partial charge in [-0.25, -0.2) is 9.59 Å². The summed E-state index contributed by atoms with van der Waals surface area (Å²) in [4.78, 5) is 92.5. The van der Waals surface area contributed by atoms with Crippen LogP contribution in [0.2, 0.25) is 0 Å². The van der Waals surface area contributed by atoms with Gasteiger partial charge in [-0.1, -0.05) is 82.9 Å². The first kappa shape index (κ1) is 39.7. The molecule has 5 amide bonds. The Bertz CT molecular complexity index is 1410. The average Bonchev–Trinajstić information content (AvgIpc) is 3.55. The molecule has 14 nitrogen and oxygen atoms in total. The minimum Gasteiger partial charge on any atom is -0.479 e. The van der Waals surface area contributed by atoms with E-state index in [2.05, 4.69) is 21.3 Å². The number of likely N-dealkylation sites (tertiary alicyclic amines) is 1. The van der Waals surface area contributed by atoms with Crippen LogP contribution in [0.25, 0.3) is 0 Å². The number of alkyl carbamates (subject to hydrolysis) is 1. The number of carboxylic acid groups (broad SMARTS) is 1. The molecule has 1 heterocycles. The highest BCUT2D eigenvalue weighted by atomic mass is 16.5. The number of benzene rings is 1. The van der Waals surface area contributed by atoms with Gasteiger partial charge in [0.05, 0.1) is 19.2 Å². The number of nitrogens with zero attached hydrogens (tertiary/aromatic N) is 1. The van der Waals surface area contributed by atoms with Crippen molar-refractivity contribution in [1.29, 1.82) is 0 Å². The van der Waals surface area contributed by atoms with Crippen LogP contribution >= 0.6 is 0 Å². The second-order valence-corrected chi connectivity index (χ2v) is 13.2. The summed E-state index contributed by atoms with van der Waals surface area (Å²) < 4.78 is 5.34. The Morgan fingerprint density at radius 3 is 2.24 bits per heavy atom. The number of hydrogen-bond donors (Lipinski definition) is 5. The van der Waals surface area contributed by atoms with Crippen LogP contribution in [0.1, 0.15) is 97.1 Å². The molecule has 2 aliphatic rings. The number of Topliss-reactive ketones (excluding diaryl/α,β-unsaturated/α-hetero) is 1. The van der Waals surface area contributed by atoms with Crippen molar-refractivity contribution in [1.82, 2.24) is 26.2 Å². The molecule has 1 aromatic rings.